The molecule has 0 spiro atoms. The smallest absolute Gasteiger partial charge is 0.220 e. The number of aryl methyl sites for hydroxylation is 2. The van der Waals surface area contributed by atoms with Gasteiger partial charge in [0, 0.05) is 43.4 Å². The number of hydrogen-bond acceptors (Lipinski definition) is 3. The van der Waals surface area contributed by atoms with Crippen molar-refractivity contribution >= 4 is 28.4 Å². The van der Waals surface area contributed by atoms with E-state index in [9.17, 15) is 4.79 Å². The van der Waals surface area contributed by atoms with Gasteiger partial charge in [-0.15, -0.1) is 0 Å². The van der Waals surface area contributed by atoms with Crippen LogP contribution in [0.2, 0.25) is 5.15 Å². The molecular weight excluding hydrogens is 334 g/mol. The lowest BCUT2D eigenvalue weighted by molar-refractivity contribution is -0.130. The fourth-order valence-corrected chi connectivity index (χ4v) is 3.01. The molecule has 0 aliphatic heterocycles. The summed E-state index contributed by atoms with van der Waals surface area (Å²) in [6, 6.07) is 9.97. The molecule has 2 aromatic heterocycles. The molecule has 1 amide bonds. The molecule has 0 radical (unpaired) electrons. The van der Waals surface area contributed by atoms with Crippen LogP contribution in [0.1, 0.15) is 29.2 Å². The quantitative estimate of drug-likeness (QED) is 0.651. The monoisotopic (exact) mass is 353 g/mol. The maximum Gasteiger partial charge on any atom is 0.220 e. The summed E-state index contributed by atoms with van der Waals surface area (Å²) in [4.78, 5) is 22.5. The summed E-state index contributed by atoms with van der Waals surface area (Å²) in [5.74, 6) is -0.0138. The number of fused-ring (bicyclic) bond motifs is 1. The van der Waals surface area contributed by atoms with E-state index >= 15 is 0 Å². The van der Waals surface area contributed by atoms with Gasteiger partial charge in [-0.3, -0.25) is 9.78 Å². The molecule has 0 saturated carbocycles. The van der Waals surface area contributed by atoms with Gasteiger partial charge in [0.2, 0.25) is 5.91 Å². The highest BCUT2D eigenvalue weighted by Gasteiger charge is 2.15. The van der Waals surface area contributed by atoms with Gasteiger partial charge in [0.1, 0.15) is 5.15 Å². The molecule has 0 atom stereocenters. The second-order valence-electron chi connectivity index (χ2n) is 6.25. The van der Waals surface area contributed by atoms with Crippen LogP contribution in [-0.4, -0.2) is 20.8 Å². The standard InChI is InChI=1S/C20H20ClN3O/c1-13-6-7-17-9-18(20(21)23-19(17)14(13)2)12-24(15(3)25)11-16-5-4-8-22-10-16/h4-10H,11-12H2,1-3H3. The van der Waals surface area contributed by atoms with Crippen LogP contribution in [0.5, 0.6) is 0 Å². The minimum absolute atomic E-state index is 0.0138. The third-order valence-corrected chi connectivity index (χ3v) is 4.77. The van der Waals surface area contributed by atoms with Crippen molar-refractivity contribution in [1.82, 2.24) is 14.9 Å². The van der Waals surface area contributed by atoms with Crippen molar-refractivity contribution in [2.75, 3.05) is 0 Å². The Morgan fingerprint density at radius 2 is 2.00 bits per heavy atom. The zero-order chi connectivity index (χ0) is 18.0. The fraction of sp³-hybridized carbons (Fsp3) is 0.250. The number of carbonyl (C=O) groups excluding carboxylic acids is 1. The Balaban J connectivity index is 1.93. The molecule has 0 saturated heterocycles. The lowest BCUT2D eigenvalue weighted by atomic mass is 10.0. The van der Waals surface area contributed by atoms with E-state index < -0.39 is 0 Å². The number of aromatic nitrogens is 2. The molecule has 4 nitrogen and oxygen atoms in total. The van der Waals surface area contributed by atoms with Gasteiger partial charge < -0.3 is 4.90 Å². The van der Waals surface area contributed by atoms with E-state index in [1.807, 2.05) is 31.2 Å². The fourth-order valence-electron chi connectivity index (χ4n) is 2.81. The summed E-state index contributed by atoms with van der Waals surface area (Å²) in [5, 5.41) is 1.48. The molecule has 0 bridgehead atoms. The Bertz CT molecular complexity index is 925. The van der Waals surface area contributed by atoms with Crippen LogP contribution in [0.4, 0.5) is 0 Å². The van der Waals surface area contributed by atoms with E-state index in [2.05, 4.69) is 23.0 Å². The van der Waals surface area contributed by atoms with Gasteiger partial charge in [0.25, 0.3) is 0 Å². The molecule has 0 aliphatic carbocycles. The molecule has 0 aliphatic rings. The molecule has 0 unspecified atom stereocenters. The zero-order valence-corrected chi connectivity index (χ0v) is 15.3. The van der Waals surface area contributed by atoms with Crippen LogP contribution in [0.15, 0.2) is 42.7 Å². The normalized spacial score (nSPS) is 10.9. The third kappa shape index (κ3) is 3.80. The number of amides is 1. The summed E-state index contributed by atoms with van der Waals surface area (Å²) in [6.07, 6.45) is 3.48. The van der Waals surface area contributed by atoms with E-state index in [-0.39, 0.29) is 5.91 Å². The molecule has 25 heavy (non-hydrogen) atoms. The van der Waals surface area contributed by atoms with Gasteiger partial charge in [-0.25, -0.2) is 4.98 Å². The Morgan fingerprint density at radius 3 is 2.68 bits per heavy atom. The minimum atomic E-state index is -0.0138. The van der Waals surface area contributed by atoms with Crippen LogP contribution < -0.4 is 0 Å². The molecule has 0 N–H and O–H groups in total. The van der Waals surface area contributed by atoms with Gasteiger partial charge >= 0.3 is 0 Å². The summed E-state index contributed by atoms with van der Waals surface area (Å²) in [5.41, 5.74) is 5.05. The molecule has 0 fully saturated rings. The first-order chi connectivity index (χ1) is 12.0. The second-order valence-corrected chi connectivity index (χ2v) is 6.61. The third-order valence-electron chi connectivity index (χ3n) is 4.44. The molecule has 5 heteroatoms. The number of hydrogen-bond donors (Lipinski definition) is 0. The predicted octanol–water partition coefficient (Wildman–Crippen LogP) is 4.45. The van der Waals surface area contributed by atoms with Crippen LogP contribution >= 0.6 is 11.6 Å². The average Bonchev–Trinajstić information content (AvgIpc) is 2.60. The summed E-state index contributed by atoms with van der Waals surface area (Å²) < 4.78 is 0. The van der Waals surface area contributed by atoms with Gasteiger partial charge in [-0.1, -0.05) is 29.8 Å². The van der Waals surface area contributed by atoms with Crippen LogP contribution in [-0.2, 0) is 17.9 Å². The van der Waals surface area contributed by atoms with Crippen molar-refractivity contribution in [3.05, 3.63) is 70.1 Å². The van der Waals surface area contributed by atoms with Crippen LogP contribution in [0.25, 0.3) is 10.9 Å². The molecule has 3 rings (SSSR count). The van der Waals surface area contributed by atoms with Crippen molar-refractivity contribution < 1.29 is 4.79 Å². The lowest BCUT2D eigenvalue weighted by Gasteiger charge is -2.22. The number of nitrogens with zero attached hydrogens (tertiary/aromatic N) is 3. The highest BCUT2D eigenvalue weighted by Crippen LogP contribution is 2.26. The summed E-state index contributed by atoms with van der Waals surface area (Å²) >= 11 is 6.42. The maximum absolute atomic E-state index is 12.1. The number of halogens is 1. The first-order valence-electron chi connectivity index (χ1n) is 8.15. The van der Waals surface area contributed by atoms with E-state index in [1.165, 1.54) is 5.56 Å². The summed E-state index contributed by atoms with van der Waals surface area (Å²) in [7, 11) is 0. The molecule has 1 aromatic carbocycles. The second kappa shape index (κ2) is 7.19. The van der Waals surface area contributed by atoms with Crippen molar-refractivity contribution in [3.8, 4) is 0 Å². The highest BCUT2D eigenvalue weighted by atomic mass is 35.5. The zero-order valence-electron chi connectivity index (χ0n) is 14.6. The van der Waals surface area contributed by atoms with Gasteiger partial charge in [0.05, 0.1) is 5.52 Å². The SMILES string of the molecule is CC(=O)N(Cc1cccnc1)Cc1cc2ccc(C)c(C)c2nc1Cl. The topological polar surface area (TPSA) is 46.1 Å². The first-order valence-corrected chi connectivity index (χ1v) is 8.53. The molecule has 2 heterocycles. The average molecular weight is 354 g/mol. The van der Waals surface area contributed by atoms with Crippen molar-refractivity contribution in [2.24, 2.45) is 0 Å². The van der Waals surface area contributed by atoms with Gasteiger partial charge in [-0.2, -0.15) is 0 Å². The molecule has 3 aromatic rings. The van der Waals surface area contributed by atoms with Crippen molar-refractivity contribution in [1.29, 1.82) is 0 Å². The van der Waals surface area contributed by atoms with Gasteiger partial charge in [0.15, 0.2) is 0 Å². The Morgan fingerprint density at radius 1 is 1.20 bits per heavy atom. The number of carbonyl (C=O) groups is 1. The van der Waals surface area contributed by atoms with E-state index in [4.69, 9.17) is 11.6 Å². The van der Waals surface area contributed by atoms with E-state index in [0.717, 1.165) is 27.6 Å². The Labute approximate surface area is 152 Å². The number of benzene rings is 1. The first kappa shape index (κ1) is 17.4. The predicted molar refractivity (Wildman–Crippen MR) is 100 cm³/mol. The van der Waals surface area contributed by atoms with Crippen LogP contribution in [0, 0.1) is 13.8 Å². The van der Waals surface area contributed by atoms with Gasteiger partial charge in [-0.05, 0) is 42.7 Å². The molecular formula is C20H20ClN3O. The number of rotatable bonds is 4. The van der Waals surface area contributed by atoms with Crippen LogP contribution in [0.3, 0.4) is 0 Å². The maximum atomic E-state index is 12.1. The Hall–Kier alpha value is -2.46. The van der Waals surface area contributed by atoms with E-state index in [1.54, 1.807) is 24.2 Å². The summed E-state index contributed by atoms with van der Waals surface area (Å²) in [6.45, 7) is 6.57. The van der Waals surface area contributed by atoms with Crippen molar-refractivity contribution in [2.45, 2.75) is 33.9 Å². The molecule has 128 valence electrons. The largest absolute Gasteiger partial charge is 0.334 e. The Kier molecular flexibility index (Phi) is 5.00. The lowest BCUT2D eigenvalue weighted by Crippen LogP contribution is -2.28. The number of pyridine rings is 2. The van der Waals surface area contributed by atoms with E-state index in [0.29, 0.717) is 18.2 Å². The van der Waals surface area contributed by atoms with Crippen molar-refractivity contribution in [3.63, 3.8) is 0 Å². The highest BCUT2D eigenvalue weighted by molar-refractivity contribution is 6.30. The minimum Gasteiger partial charge on any atom is -0.334 e.